The van der Waals surface area contributed by atoms with Crippen LogP contribution in [0.1, 0.15) is 46.5 Å². The first kappa shape index (κ1) is 15.5. The first-order chi connectivity index (χ1) is 9.41. The van der Waals surface area contributed by atoms with Crippen molar-refractivity contribution < 1.29 is 9.53 Å². The van der Waals surface area contributed by atoms with E-state index in [1.165, 1.54) is 0 Å². The highest BCUT2D eigenvalue weighted by Crippen LogP contribution is 2.49. The molecule has 3 atom stereocenters. The Morgan fingerprint density at radius 1 is 1.45 bits per heavy atom. The SMILES string of the molecule is CCOC1CC(N)(C(=O)NCC2CC=CCC2)C1(C)C. The average molecular weight is 280 g/mol. The Morgan fingerprint density at radius 3 is 2.75 bits per heavy atom. The van der Waals surface area contributed by atoms with Crippen LogP contribution in [0.25, 0.3) is 0 Å². The molecule has 0 spiro atoms. The fourth-order valence-electron chi connectivity index (χ4n) is 3.26. The molecule has 0 saturated heterocycles. The zero-order valence-corrected chi connectivity index (χ0v) is 12.9. The van der Waals surface area contributed by atoms with Crippen molar-refractivity contribution >= 4 is 5.91 Å². The summed E-state index contributed by atoms with van der Waals surface area (Å²) in [7, 11) is 0. The van der Waals surface area contributed by atoms with Crippen molar-refractivity contribution in [3.05, 3.63) is 12.2 Å². The molecule has 0 heterocycles. The van der Waals surface area contributed by atoms with Crippen molar-refractivity contribution in [2.45, 2.75) is 58.1 Å². The van der Waals surface area contributed by atoms with Crippen LogP contribution in [0.4, 0.5) is 0 Å². The van der Waals surface area contributed by atoms with Gasteiger partial charge in [0.2, 0.25) is 5.91 Å². The molecule has 0 bridgehead atoms. The third-order valence-corrected chi connectivity index (χ3v) is 5.16. The zero-order chi connectivity index (χ0) is 14.8. The lowest BCUT2D eigenvalue weighted by molar-refractivity contribution is -0.170. The minimum atomic E-state index is -0.794. The summed E-state index contributed by atoms with van der Waals surface area (Å²) in [6.07, 6.45) is 8.45. The van der Waals surface area contributed by atoms with Gasteiger partial charge in [-0.25, -0.2) is 0 Å². The Morgan fingerprint density at radius 2 is 2.20 bits per heavy atom. The van der Waals surface area contributed by atoms with E-state index in [1.807, 2.05) is 20.8 Å². The Hall–Kier alpha value is -0.870. The third kappa shape index (κ3) is 2.63. The quantitative estimate of drug-likeness (QED) is 0.757. The van der Waals surface area contributed by atoms with Gasteiger partial charge in [0.25, 0.3) is 0 Å². The molecule has 1 amide bonds. The number of hydrogen-bond donors (Lipinski definition) is 2. The van der Waals surface area contributed by atoms with Crippen LogP contribution in [0.5, 0.6) is 0 Å². The summed E-state index contributed by atoms with van der Waals surface area (Å²) in [5.41, 5.74) is 5.25. The minimum Gasteiger partial charge on any atom is -0.378 e. The van der Waals surface area contributed by atoms with Gasteiger partial charge in [0.1, 0.15) is 5.54 Å². The average Bonchev–Trinajstić information content (AvgIpc) is 2.45. The van der Waals surface area contributed by atoms with Crippen LogP contribution in [-0.4, -0.2) is 30.7 Å². The van der Waals surface area contributed by atoms with Crippen molar-refractivity contribution in [3.63, 3.8) is 0 Å². The predicted molar refractivity (Wildman–Crippen MR) is 80.2 cm³/mol. The zero-order valence-electron chi connectivity index (χ0n) is 12.9. The van der Waals surface area contributed by atoms with E-state index in [2.05, 4.69) is 17.5 Å². The van der Waals surface area contributed by atoms with Crippen LogP contribution in [-0.2, 0) is 9.53 Å². The van der Waals surface area contributed by atoms with Gasteiger partial charge in [-0.2, -0.15) is 0 Å². The van der Waals surface area contributed by atoms with E-state index in [1.54, 1.807) is 0 Å². The van der Waals surface area contributed by atoms with Crippen molar-refractivity contribution in [2.24, 2.45) is 17.1 Å². The van der Waals surface area contributed by atoms with Crippen molar-refractivity contribution in [1.29, 1.82) is 0 Å². The highest BCUT2D eigenvalue weighted by molar-refractivity contribution is 5.88. The predicted octanol–water partition coefficient (Wildman–Crippen LogP) is 1.99. The van der Waals surface area contributed by atoms with E-state index in [0.29, 0.717) is 18.9 Å². The number of carbonyl (C=O) groups excluding carboxylic acids is 1. The fourth-order valence-corrected chi connectivity index (χ4v) is 3.26. The van der Waals surface area contributed by atoms with Crippen molar-refractivity contribution in [2.75, 3.05) is 13.2 Å². The molecule has 3 N–H and O–H groups in total. The molecule has 0 aromatic carbocycles. The Labute approximate surface area is 122 Å². The van der Waals surface area contributed by atoms with Gasteiger partial charge >= 0.3 is 0 Å². The summed E-state index contributed by atoms with van der Waals surface area (Å²) in [4.78, 5) is 12.4. The van der Waals surface area contributed by atoms with E-state index in [-0.39, 0.29) is 17.4 Å². The number of amides is 1. The number of nitrogens with one attached hydrogen (secondary N) is 1. The first-order valence-corrected chi connectivity index (χ1v) is 7.75. The normalized spacial score (nSPS) is 35.4. The topological polar surface area (TPSA) is 64.3 Å². The molecule has 1 saturated carbocycles. The van der Waals surface area contributed by atoms with Gasteiger partial charge in [0.05, 0.1) is 6.10 Å². The molecular weight excluding hydrogens is 252 g/mol. The number of nitrogens with two attached hydrogens (primary N) is 1. The van der Waals surface area contributed by atoms with E-state index >= 15 is 0 Å². The molecule has 3 unspecified atom stereocenters. The molecule has 4 heteroatoms. The van der Waals surface area contributed by atoms with Gasteiger partial charge in [-0.05, 0) is 32.1 Å². The number of carbonyl (C=O) groups is 1. The lowest BCUT2D eigenvalue weighted by atomic mass is 9.54. The van der Waals surface area contributed by atoms with E-state index < -0.39 is 5.54 Å². The molecule has 2 aliphatic carbocycles. The van der Waals surface area contributed by atoms with Crippen molar-refractivity contribution in [1.82, 2.24) is 5.32 Å². The minimum absolute atomic E-state index is 0.0204. The third-order valence-electron chi connectivity index (χ3n) is 5.16. The van der Waals surface area contributed by atoms with E-state index in [9.17, 15) is 4.79 Å². The van der Waals surface area contributed by atoms with Gasteiger partial charge in [-0.1, -0.05) is 26.0 Å². The largest absolute Gasteiger partial charge is 0.378 e. The second-order valence-electron chi connectivity index (χ2n) is 6.70. The standard InChI is InChI=1S/C16H28N2O2/c1-4-20-13-10-16(17,15(13,2)3)14(19)18-11-12-8-6-5-7-9-12/h5-6,12-13H,4,7-11,17H2,1-3H3,(H,18,19). The number of ether oxygens (including phenoxy) is 1. The monoisotopic (exact) mass is 280 g/mol. The summed E-state index contributed by atoms with van der Waals surface area (Å²) in [6.45, 7) is 7.43. The van der Waals surface area contributed by atoms with Gasteiger partial charge in [-0.15, -0.1) is 0 Å². The van der Waals surface area contributed by atoms with Gasteiger partial charge in [0, 0.05) is 25.0 Å². The molecule has 2 rings (SSSR count). The molecule has 2 aliphatic rings. The lowest BCUT2D eigenvalue weighted by Crippen LogP contribution is -2.75. The Kier molecular flexibility index (Phi) is 4.55. The number of hydrogen-bond acceptors (Lipinski definition) is 3. The maximum Gasteiger partial charge on any atom is 0.240 e. The number of allylic oxidation sites excluding steroid dienone is 2. The van der Waals surface area contributed by atoms with Crippen LogP contribution in [0.15, 0.2) is 12.2 Å². The smallest absolute Gasteiger partial charge is 0.240 e. The second-order valence-corrected chi connectivity index (χ2v) is 6.70. The summed E-state index contributed by atoms with van der Waals surface area (Å²) in [5.74, 6) is 0.534. The molecule has 4 nitrogen and oxygen atoms in total. The van der Waals surface area contributed by atoms with Crippen LogP contribution >= 0.6 is 0 Å². The van der Waals surface area contributed by atoms with E-state index in [0.717, 1.165) is 25.8 Å². The van der Waals surface area contributed by atoms with Crippen molar-refractivity contribution in [3.8, 4) is 0 Å². The summed E-state index contributed by atoms with van der Waals surface area (Å²) in [5, 5.41) is 3.06. The first-order valence-electron chi connectivity index (χ1n) is 7.75. The molecule has 0 radical (unpaired) electrons. The van der Waals surface area contributed by atoms with E-state index in [4.69, 9.17) is 10.5 Å². The maximum atomic E-state index is 12.4. The fraction of sp³-hybridized carbons (Fsp3) is 0.812. The lowest BCUT2D eigenvalue weighted by Gasteiger charge is -2.57. The maximum absolute atomic E-state index is 12.4. The number of rotatable bonds is 5. The summed E-state index contributed by atoms with van der Waals surface area (Å²) >= 11 is 0. The molecule has 0 aromatic rings. The second kappa shape index (κ2) is 5.86. The van der Waals surface area contributed by atoms with Gasteiger partial charge in [-0.3, -0.25) is 4.79 Å². The van der Waals surface area contributed by atoms with Crippen LogP contribution < -0.4 is 11.1 Å². The molecule has 114 valence electrons. The summed E-state index contributed by atoms with van der Waals surface area (Å²) in [6, 6.07) is 0. The molecular formula is C16H28N2O2. The van der Waals surface area contributed by atoms with Crippen LogP contribution in [0.2, 0.25) is 0 Å². The van der Waals surface area contributed by atoms with Crippen LogP contribution in [0.3, 0.4) is 0 Å². The molecule has 0 aromatic heterocycles. The van der Waals surface area contributed by atoms with Gasteiger partial charge in [0.15, 0.2) is 0 Å². The molecule has 1 fully saturated rings. The molecule has 20 heavy (non-hydrogen) atoms. The highest BCUT2D eigenvalue weighted by Gasteiger charge is 2.62. The van der Waals surface area contributed by atoms with Gasteiger partial charge < -0.3 is 15.8 Å². The highest BCUT2D eigenvalue weighted by atomic mass is 16.5. The Balaban J connectivity index is 1.87. The Bertz CT molecular complexity index is 392. The summed E-state index contributed by atoms with van der Waals surface area (Å²) < 4.78 is 5.66. The molecule has 0 aliphatic heterocycles. The van der Waals surface area contributed by atoms with Crippen LogP contribution in [0, 0.1) is 11.3 Å².